The Bertz CT molecular complexity index is 375. The summed E-state index contributed by atoms with van der Waals surface area (Å²) in [7, 11) is 0. The highest BCUT2D eigenvalue weighted by atomic mass is 16.1. The van der Waals surface area contributed by atoms with Gasteiger partial charge in [-0.2, -0.15) is 0 Å². The number of pyridine rings is 1. The maximum absolute atomic E-state index is 11.3. The molecule has 1 aliphatic rings. The molecule has 0 aromatic carbocycles. The highest BCUT2D eigenvalue weighted by Crippen LogP contribution is 2.40. The molecule has 1 aliphatic carbocycles. The van der Waals surface area contributed by atoms with E-state index in [0.717, 1.165) is 12.0 Å². The second-order valence-electron chi connectivity index (χ2n) is 4.21. The molecule has 1 heterocycles. The van der Waals surface area contributed by atoms with Crippen LogP contribution in [0.15, 0.2) is 18.3 Å². The van der Waals surface area contributed by atoms with Crippen LogP contribution in [-0.2, 0) is 10.2 Å². The Morgan fingerprint density at radius 1 is 1.57 bits per heavy atom. The fraction of sp³-hybridized carbons (Fsp3) is 0.455. The van der Waals surface area contributed by atoms with Crippen molar-refractivity contribution in [2.24, 2.45) is 0 Å². The van der Waals surface area contributed by atoms with E-state index < -0.39 is 0 Å². The van der Waals surface area contributed by atoms with Gasteiger partial charge in [0.25, 0.3) is 0 Å². The quantitative estimate of drug-likeness (QED) is 0.733. The maximum atomic E-state index is 11.3. The van der Waals surface area contributed by atoms with E-state index in [1.54, 1.807) is 6.20 Å². The minimum absolute atomic E-state index is 0.0879. The molecule has 1 saturated carbocycles. The molecule has 3 heteroatoms. The smallest absolute Gasteiger partial charge is 0.133 e. The summed E-state index contributed by atoms with van der Waals surface area (Å²) in [6.07, 6.45) is 3.84. The first-order chi connectivity index (χ1) is 6.62. The third-order valence-corrected chi connectivity index (χ3v) is 3.03. The number of hydrogen-bond donors (Lipinski definition) is 1. The first-order valence-corrected chi connectivity index (χ1v) is 4.84. The molecule has 0 amide bonds. The third-order valence-electron chi connectivity index (χ3n) is 3.03. The van der Waals surface area contributed by atoms with Crippen LogP contribution >= 0.6 is 0 Å². The van der Waals surface area contributed by atoms with Crippen LogP contribution in [0.5, 0.6) is 0 Å². The number of hydrogen-bond acceptors (Lipinski definition) is 3. The van der Waals surface area contributed by atoms with Gasteiger partial charge >= 0.3 is 0 Å². The van der Waals surface area contributed by atoms with E-state index in [9.17, 15) is 4.79 Å². The fourth-order valence-corrected chi connectivity index (χ4v) is 2.19. The standard InChI is InChI=1S/C11H14N2O/c1-11(5-4-8(14)7-11)9-3-2-6-13-10(9)12/h2-3,6H,4-5,7H2,1H3,(H2,12,13). The van der Waals surface area contributed by atoms with E-state index in [4.69, 9.17) is 5.73 Å². The second kappa shape index (κ2) is 3.08. The molecule has 14 heavy (non-hydrogen) atoms. The van der Waals surface area contributed by atoms with Crippen molar-refractivity contribution in [1.29, 1.82) is 0 Å². The molecule has 1 aromatic heterocycles. The average Bonchev–Trinajstić information content (AvgIpc) is 2.48. The van der Waals surface area contributed by atoms with Crippen molar-refractivity contribution < 1.29 is 4.79 Å². The lowest BCUT2D eigenvalue weighted by Gasteiger charge is -2.23. The molecule has 3 nitrogen and oxygen atoms in total. The lowest BCUT2D eigenvalue weighted by molar-refractivity contribution is -0.117. The maximum Gasteiger partial charge on any atom is 0.133 e. The van der Waals surface area contributed by atoms with Crippen molar-refractivity contribution in [3.8, 4) is 0 Å². The van der Waals surface area contributed by atoms with Crippen LogP contribution in [-0.4, -0.2) is 10.8 Å². The molecule has 74 valence electrons. The summed E-state index contributed by atoms with van der Waals surface area (Å²) in [5.74, 6) is 0.889. The molecule has 0 radical (unpaired) electrons. The van der Waals surface area contributed by atoms with Crippen LogP contribution in [0.25, 0.3) is 0 Å². The van der Waals surface area contributed by atoms with Gasteiger partial charge in [0.2, 0.25) is 0 Å². The van der Waals surface area contributed by atoms with Crippen LogP contribution in [0.3, 0.4) is 0 Å². The van der Waals surface area contributed by atoms with Gasteiger partial charge in [0.1, 0.15) is 11.6 Å². The summed E-state index contributed by atoms with van der Waals surface area (Å²) >= 11 is 0. The summed E-state index contributed by atoms with van der Waals surface area (Å²) in [5, 5.41) is 0. The number of anilines is 1. The largest absolute Gasteiger partial charge is 0.383 e. The number of nitrogens with two attached hydrogens (primary N) is 1. The molecule has 0 bridgehead atoms. The molecule has 2 N–H and O–H groups in total. The SMILES string of the molecule is CC1(c2cccnc2N)CCC(=O)C1. The van der Waals surface area contributed by atoms with Crippen LogP contribution in [0.2, 0.25) is 0 Å². The van der Waals surface area contributed by atoms with Gasteiger partial charge in [-0.05, 0) is 12.5 Å². The summed E-state index contributed by atoms with van der Waals surface area (Å²) < 4.78 is 0. The molecule has 1 atom stereocenters. The van der Waals surface area contributed by atoms with Crippen molar-refractivity contribution in [1.82, 2.24) is 4.98 Å². The molecular formula is C11H14N2O. The van der Waals surface area contributed by atoms with Crippen molar-refractivity contribution in [2.45, 2.75) is 31.6 Å². The summed E-state index contributed by atoms with van der Waals surface area (Å²) in [6.45, 7) is 2.09. The molecular weight excluding hydrogens is 176 g/mol. The number of nitrogens with zero attached hydrogens (tertiary/aromatic N) is 1. The first kappa shape index (κ1) is 9.19. The molecule has 2 rings (SSSR count). The zero-order valence-corrected chi connectivity index (χ0v) is 8.29. The second-order valence-corrected chi connectivity index (χ2v) is 4.21. The summed E-state index contributed by atoms with van der Waals surface area (Å²) in [6, 6.07) is 3.85. The number of nitrogen functional groups attached to an aromatic ring is 1. The third kappa shape index (κ3) is 1.39. The van der Waals surface area contributed by atoms with Crippen molar-refractivity contribution in [2.75, 3.05) is 5.73 Å². The molecule has 0 spiro atoms. The molecule has 0 aliphatic heterocycles. The van der Waals surface area contributed by atoms with E-state index >= 15 is 0 Å². The predicted octanol–water partition coefficient (Wildman–Crippen LogP) is 1.67. The zero-order valence-electron chi connectivity index (χ0n) is 8.29. The van der Waals surface area contributed by atoms with Gasteiger partial charge in [0, 0.05) is 30.0 Å². The Labute approximate surface area is 83.3 Å². The fourth-order valence-electron chi connectivity index (χ4n) is 2.19. The number of ketones is 1. The molecule has 0 saturated heterocycles. The topological polar surface area (TPSA) is 56.0 Å². The first-order valence-electron chi connectivity index (χ1n) is 4.84. The Hall–Kier alpha value is -1.38. The number of carbonyl (C=O) groups excluding carboxylic acids is 1. The van der Waals surface area contributed by atoms with E-state index in [1.165, 1.54) is 0 Å². The van der Waals surface area contributed by atoms with Crippen molar-refractivity contribution in [3.63, 3.8) is 0 Å². The van der Waals surface area contributed by atoms with Crippen molar-refractivity contribution in [3.05, 3.63) is 23.9 Å². The van der Waals surface area contributed by atoms with Crippen LogP contribution < -0.4 is 5.73 Å². The van der Waals surface area contributed by atoms with Crippen LogP contribution in [0, 0.1) is 0 Å². The Balaban J connectivity index is 2.40. The van der Waals surface area contributed by atoms with E-state index in [0.29, 0.717) is 24.4 Å². The molecule has 1 aromatic rings. The lowest BCUT2D eigenvalue weighted by atomic mass is 9.81. The monoisotopic (exact) mass is 190 g/mol. The Morgan fingerprint density at radius 3 is 2.93 bits per heavy atom. The number of carbonyl (C=O) groups is 1. The number of rotatable bonds is 1. The van der Waals surface area contributed by atoms with Crippen molar-refractivity contribution >= 4 is 11.6 Å². The number of Topliss-reactive ketones (excluding diaryl/α,β-unsaturated/α-hetero) is 1. The van der Waals surface area contributed by atoms with Gasteiger partial charge < -0.3 is 5.73 Å². The minimum Gasteiger partial charge on any atom is -0.383 e. The highest BCUT2D eigenvalue weighted by Gasteiger charge is 2.36. The van der Waals surface area contributed by atoms with Crippen LogP contribution in [0.4, 0.5) is 5.82 Å². The van der Waals surface area contributed by atoms with E-state index in [-0.39, 0.29) is 5.41 Å². The lowest BCUT2D eigenvalue weighted by Crippen LogP contribution is -2.20. The average molecular weight is 190 g/mol. The van der Waals surface area contributed by atoms with Gasteiger partial charge in [-0.3, -0.25) is 4.79 Å². The van der Waals surface area contributed by atoms with Gasteiger partial charge in [-0.1, -0.05) is 13.0 Å². The van der Waals surface area contributed by atoms with E-state index in [2.05, 4.69) is 11.9 Å². The van der Waals surface area contributed by atoms with Crippen LogP contribution in [0.1, 0.15) is 31.7 Å². The zero-order chi connectivity index (χ0) is 10.2. The van der Waals surface area contributed by atoms with E-state index in [1.807, 2.05) is 12.1 Å². The Morgan fingerprint density at radius 2 is 2.36 bits per heavy atom. The van der Waals surface area contributed by atoms with Gasteiger partial charge in [-0.15, -0.1) is 0 Å². The normalized spacial score (nSPS) is 26.8. The van der Waals surface area contributed by atoms with Gasteiger partial charge in [-0.25, -0.2) is 4.98 Å². The highest BCUT2D eigenvalue weighted by molar-refractivity contribution is 5.83. The summed E-state index contributed by atoms with van der Waals surface area (Å²) in [4.78, 5) is 15.3. The predicted molar refractivity (Wildman–Crippen MR) is 54.9 cm³/mol. The molecule has 1 fully saturated rings. The Kier molecular flexibility index (Phi) is 2.02. The minimum atomic E-state index is -0.0879. The number of aromatic nitrogens is 1. The van der Waals surface area contributed by atoms with Gasteiger partial charge in [0.05, 0.1) is 0 Å². The molecule has 1 unspecified atom stereocenters. The summed E-state index contributed by atoms with van der Waals surface area (Å²) in [5.41, 5.74) is 6.74. The van der Waals surface area contributed by atoms with Gasteiger partial charge in [0.15, 0.2) is 0 Å².